The molecular formula is C20H27N3O4S. The van der Waals surface area contributed by atoms with Gasteiger partial charge in [0.1, 0.15) is 0 Å². The van der Waals surface area contributed by atoms with E-state index in [1.165, 1.54) is 0 Å². The molecule has 7 nitrogen and oxygen atoms in total. The van der Waals surface area contributed by atoms with E-state index < -0.39 is 9.84 Å². The number of ether oxygens (including phenoxy) is 1. The summed E-state index contributed by atoms with van der Waals surface area (Å²) in [7, 11) is 0.425. The Kier molecular flexibility index (Phi) is 5.90. The zero-order chi connectivity index (χ0) is 20.5. The van der Waals surface area contributed by atoms with E-state index in [9.17, 15) is 13.2 Å². The first-order valence-corrected chi connectivity index (χ1v) is 11.1. The van der Waals surface area contributed by atoms with Crippen molar-refractivity contribution in [2.75, 3.05) is 25.7 Å². The fourth-order valence-electron chi connectivity index (χ4n) is 3.69. The van der Waals surface area contributed by atoms with Gasteiger partial charge < -0.3 is 9.64 Å². The van der Waals surface area contributed by atoms with Crippen LogP contribution in [0.5, 0.6) is 0 Å². The fourth-order valence-corrected chi connectivity index (χ4v) is 5.38. The summed E-state index contributed by atoms with van der Waals surface area (Å²) in [6.07, 6.45) is 0.590. The molecule has 3 rings (SSSR count). The molecule has 2 heterocycles. The van der Waals surface area contributed by atoms with Crippen LogP contribution in [0, 0.1) is 13.8 Å². The number of sulfone groups is 1. The molecule has 1 aliphatic heterocycles. The van der Waals surface area contributed by atoms with Crippen LogP contribution in [0.15, 0.2) is 24.3 Å². The molecule has 1 amide bonds. The van der Waals surface area contributed by atoms with Gasteiger partial charge in [-0.3, -0.25) is 9.48 Å². The second kappa shape index (κ2) is 8.05. The van der Waals surface area contributed by atoms with Gasteiger partial charge in [0, 0.05) is 37.5 Å². The summed E-state index contributed by atoms with van der Waals surface area (Å²) in [5.41, 5.74) is 4.36. The van der Waals surface area contributed by atoms with Gasteiger partial charge in [-0.05, 0) is 38.0 Å². The lowest BCUT2D eigenvalue weighted by atomic mass is 10.1. The molecule has 0 bridgehead atoms. The van der Waals surface area contributed by atoms with Crippen molar-refractivity contribution < 1.29 is 17.9 Å². The fraction of sp³-hybridized carbons (Fsp3) is 0.500. The number of methoxy groups -OCH3 is 1. The third-order valence-electron chi connectivity index (χ3n) is 5.28. The summed E-state index contributed by atoms with van der Waals surface area (Å²) >= 11 is 0. The molecule has 0 aliphatic carbocycles. The summed E-state index contributed by atoms with van der Waals surface area (Å²) in [5, 5.41) is 4.58. The maximum absolute atomic E-state index is 12.8. The molecule has 0 saturated carbocycles. The standard InChI is InChI=1S/C20H27N3O4S/c1-14-19(15(2)23(21-14)18-9-10-28(25,26)13-18)11-22(3)20(24)17-7-5-16(6-8-17)12-27-4/h5-8,18H,9-13H2,1-4H3/t18-/m1/s1. The first kappa shape index (κ1) is 20.5. The van der Waals surface area contributed by atoms with Gasteiger partial charge in [-0.2, -0.15) is 5.10 Å². The van der Waals surface area contributed by atoms with Crippen molar-refractivity contribution in [3.63, 3.8) is 0 Å². The third-order valence-corrected chi connectivity index (χ3v) is 7.03. The minimum Gasteiger partial charge on any atom is -0.380 e. The van der Waals surface area contributed by atoms with Gasteiger partial charge in [0.05, 0.1) is 29.8 Å². The van der Waals surface area contributed by atoms with E-state index in [-0.39, 0.29) is 23.5 Å². The summed E-state index contributed by atoms with van der Waals surface area (Å²) in [4.78, 5) is 14.4. The van der Waals surface area contributed by atoms with Crippen molar-refractivity contribution in [2.24, 2.45) is 0 Å². The zero-order valence-corrected chi connectivity index (χ0v) is 17.6. The van der Waals surface area contributed by atoms with Crippen LogP contribution in [-0.4, -0.2) is 54.7 Å². The number of hydrogen-bond acceptors (Lipinski definition) is 5. The van der Waals surface area contributed by atoms with Crippen LogP contribution in [0.1, 0.15) is 45.3 Å². The van der Waals surface area contributed by atoms with Gasteiger partial charge in [-0.1, -0.05) is 12.1 Å². The maximum Gasteiger partial charge on any atom is 0.253 e. The van der Waals surface area contributed by atoms with Gasteiger partial charge in [0.15, 0.2) is 9.84 Å². The molecule has 1 fully saturated rings. The summed E-state index contributed by atoms with van der Waals surface area (Å²) in [6.45, 7) is 4.78. The van der Waals surface area contributed by atoms with E-state index >= 15 is 0 Å². The van der Waals surface area contributed by atoms with Crippen LogP contribution in [-0.2, 0) is 27.7 Å². The van der Waals surface area contributed by atoms with Crippen molar-refractivity contribution in [3.05, 3.63) is 52.3 Å². The molecule has 0 radical (unpaired) electrons. The van der Waals surface area contributed by atoms with Crippen LogP contribution in [0.25, 0.3) is 0 Å². The Morgan fingerprint density at radius 2 is 1.96 bits per heavy atom. The number of carbonyl (C=O) groups excluding carboxylic acids is 1. The number of aryl methyl sites for hydroxylation is 1. The van der Waals surface area contributed by atoms with E-state index in [1.807, 2.05) is 30.7 Å². The van der Waals surface area contributed by atoms with Crippen molar-refractivity contribution in [3.8, 4) is 0 Å². The molecule has 28 heavy (non-hydrogen) atoms. The lowest BCUT2D eigenvalue weighted by molar-refractivity contribution is 0.0784. The van der Waals surface area contributed by atoms with Gasteiger partial charge in [0.25, 0.3) is 5.91 Å². The molecule has 1 aliphatic rings. The lowest BCUT2D eigenvalue weighted by Gasteiger charge is -2.18. The van der Waals surface area contributed by atoms with E-state index in [2.05, 4.69) is 5.10 Å². The van der Waals surface area contributed by atoms with E-state index in [0.29, 0.717) is 25.1 Å². The molecule has 2 aromatic rings. The second-order valence-electron chi connectivity index (χ2n) is 7.44. The highest BCUT2D eigenvalue weighted by Gasteiger charge is 2.31. The molecule has 1 aromatic heterocycles. The van der Waals surface area contributed by atoms with Crippen LogP contribution in [0.2, 0.25) is 0 Å². The smallest absolute Gasteiger partial charge is 0.253 e. The van der Waals surface area contributed by atoms with Crippen molar-refractivity contribution in [1.82, 2.24) is 14.7 Å². The quantitative estimate of drug-likeness (QED) is 0.736. The number of carbonyl (C=O) groups is 1. The number of aromatic nitrogens is 2. The number of nitrogens with zero attached hydrogens (tertiary/aromatic N) is 3. The Balaban J connectivity index is 1.75. The minimum absolute atomic E-state index is 0.0704. The first-order chi connectivity index (χ1) is 13.2. The summed E-state index contributed by atoms with van der Waals surface area (Å²) in [6, 6.07) is 7.27. The summed E-state index contributed by atoms with van der Waals surface area (Å²) in [5.74, 6) is 0.277. The largest absolute Gasteiger partial charge is 0.380 e. The molecule has 1 atom stereocenters. The Labute approximate surface area is 166 Å². The van der Waals surface area contributed by atoms with E-state index in [4.69, 9.17) is 4.74 Å². The van der Waals surface area contributed by atoms with Crippen LogP contribution in [0.4, 0.5) is 0 Å². The lowest BCUT2D eigenvalue weighted by Crippen LogP contribution is -2.26. The highest BCUT2D eigenvalue weighted by atomic mass is 32.2. The molecule has 0 spiro atoms. The summed E-state index contributed by atoms with van der Waals surface area (Å²) < 4.78 is 30.5. The van der Waals surface area contributed by atoms with Crippen LogP contribution < -0.4 is 0 Å². The minimum atomic E-state index is -2.98. The van der Waals surface area contributed by atoms with Crippen molar-refractivity contribution >= 4 is 15.7 Å². The first-order valence-electron chi connectivity index (χ1n) is 9.30. The monoisotopic (exact) mass is 405 g/mol. The van der Waals surface area contributed by atoms with Gasteiger partial charge >= 0.3 is 0 Å². The number of rotatable bonds is 6. The van der Waals surface area contributed by atoms with Crippen molar-refractivity contribution in [2.45, 2.75) is 39.5 Å². The molecule has 152 valence electrons. The van der Waals surface area contributed by atoms with Crippen LogP contribution in [0.3, 0.4) is 0 Å². The normalized spacial score (nSPS) is 18.4. The maximum atomic E-state index is 12.8. The number of amides is 1. The third kappa shape index (κ3) is 4.28. The average Bonchev–Trinajstić information content (AvgIpc) is 3.15. The van der Waals surface area contributed by atoms with Gasteiger partial charge in [0.2, 0.25) is 0 Å². The molecule has 1 saturated heterocycles. The molecule has 0 unspecified atom stereocenters. The molecular weight excluding hydrogens is 378 g/mol. The van der Waals surface area contributed by atoms with E-state index in [1.54, 1.807) is 31.2 Å². The Morgan fingerprint density at radius 1 is 1.29 bits per heavy atom. The van der Waals surface area contributed by atoms with E-state index in [0.717, 1.165) is 22.5 Å². The highest BCUT2D eigenvalue weighted by molar-refractivity contribution is 7.91. The Bertz CT molecular complexity index is 964. The Morgan fingerprint density at radius 3 is 2.54 bits per heavy atom. The molecule has 1 aromatic carbocycles. The predicted molar refractivity (Wildman–Crippen MR) is 107 cm³/mol. The predicted octanol–water partition coefficient (Wildman–Crippen LogP) is 2.28. The molecule has 0 N–H and O–H groups in total. The number of benzene rings is 1. The second-order valence-corrected chi connectivity index (χ2v) is 9.67. The molecule has 8 heteroatoms. The van der Waals surface area contributed by atoms with Crippen molar-refractivity contribution in [1.29, 1.82) is 0 Å². The zero-order valence-electron chi connectivity index (χ0n) is 16.8. The van der Waals surface area contributed by atoms with Gasteiger partial charge in [-0.15, -0.1) is 0 Å². The highest BCUT2D eigenvalue weighted by Crippen LogP contribution is 2.27. The van der Waals surface area contributed by atoms with Gasteiger partial charge in [-0.25, -0.2) is 8.42 Å². The number of hydrogen-bond donors (Lipinski definition) is 0. The Hall–Kier alpha value is -2.19. The SMILES string of the molecule is COCc1ccc(C(=O)N(C)Cc2c(C)nn([C@@H]3CCS(=O)(=O)C3)c2C)cc1. The van der Waals surface area contributed by atoms with Crippen LogP contribution >= 0.6 is 0 Å². The average molecular weight is 406 g/mol. The topological polar surface area (TPSA) is 81.5 Å².